The predicted molar refractivity (Wildman–Crippen MR) is 112 cm³/mol. The molecule has 0 spiro atoms. The number of ether oxygens (including phenoxy) is 2. The van der Waals surface area contributed by atoms with Crippen LogP contribution >= 0.6 is 0 Å². The summed E-state index contributed by atoms with van der Waals surface area (Å²) in [4.78, 5) is 25.7. The van der Waals surface area contributed by atoms with Gasteiger partial charge in [0.05, 0.1) is 11.8 Å². The van der Waals surface area contributed by atoms with Crippen LogP contribution in [0.5, 0.6) is 0 Å². The first kappa shape index (κ1) is 17.9. The Balaban J connectivity index is 0.876. The van der Waals surface area contributed by atoms with Gasteiger partial charge in [-0.15, -0.1) is 0 Å². The van der Waals surface area contributed by atoms with Gasteiger partial charge in [-0.05, 0) is 110 Å². The molecule has 8 rings (SSSR count). The third-order valence-electron chi connectivity index (χ3n) is 11.5. The van der Waals surface area contributed by atoms with Gasteiger partial charge in [-0.1, -0.05) is 24.3 Å². The topological polar surface area (TPSA) is 52.6 Å². The molecule has 0 aromatic heterocycles. The zero-order valence-electron chi connectivity index (χ0n) is 18.0. The molecule has 0 aromatic carbocycles. The highest BCUT2D eigenvalue weighted by atomic mass is 16.7. The summed E-state index contributed by atoms with van der Waals surface area (Å²) in [7, 11) is 0. The van der Waals surface area contributed by atoms with Crippen molar-refractivity contribution in [3.05, 3.63) is 24.3 Å². The average molecular weight is 421 g/mol. The molecular formula is C27H32O4. The molecule has 164 valence electrons. The molecule has 0 amide bonds. The van der Waals surface area contributed by atoms with Crippen LogP contribution in [0, 0.1) is 82.9 Å². The molecule has 0 aliphatic heterocycles. The summed E-state index contributed by atoms with van der Waals surface area (Å²) in [5, 5.41) is 0. The fourth-order valence-corrected chi connectivity index (χ4v) is 10.9. The van der Waals surface area contributed by atoms with E-state index in [1.807, 2.05) is 0 Å². The number of fused-ring (bicyclic) bond motifs is 18. The van der Waals surface area contributed by atoms with Crippen molar-refractivity contribution in [2.45, 2.75) is 38.5 Å². The van der Waals surface area contributed by atoms with Gasteiger partial charge in [-0.25, -0.2) is 0 Å². The number of hydrogen-bond donors (Lipinski definition) is 0. The minimum Gasteiger partial charge on any atom is -0.428 e. The smallest absolute Gasteiger partial charge is 0.312 e. The summed E-state index contributed by atoms with van der Waals surface area (Å²) in [6.07, 6.45) is 16.7. The maximum Gasteiger partial charge on any atom is 0.312 e. The standard InChI is InChI=1S/C27H32O4/c28-26(20-9-16-7-18(20)24-14-3-1-12(5-14)22(16)24)30-11-31-27(29)21-10-17-8-19(21)25-15-4-2-13(6-15)23(17)25/h1-4,12-25H,5-11H2. The number of rotatable bonds is 4. The Morgan fingerprint density at radius 1 is 0.581 bits per heavy atom. The van der Waals surface area contributed by atoms with Gasteiger partial charge in [-0.3, -0.25) is 9.59 Å². The molecule has 0 radical (unpaired) electrons. The lowest BCUT2D eigenvalue weighted by Crippen LogP contribution is -2.37. The molecule has 0 aromatic rings. The van der Waals surface area contributed by atoms with Gasteiger partial charge in [0.25, 0.3) is 0 Å². The van der Waals surface area contributed by atoms with Crippen LogP contribution in [-0.2, 0) is 19.1 Å². The molecule has 8 aliphatic rings. The number of carbonyl (C=O) groups excluding carboxylic acids is 2. The minimum absolute atomic E-state index is 0.0294. The molecule has 14 unspecified atom stereocenters. The lowest BCUT2D eigenvalue weighted by atomic mass is 9.69. The lowest BCUT2D eigenvalue weighted by Gasteiger charge is -2.36. The Labute approximate surface area is 183 Å². The number of carbonyl (C=O) groups is 2. The van der Waals surface area contributed by atoms with E-state index in [0.717, 1.165) is 36.5 Å². The molecule has 8 aliphatic carbocycles. The Morgan fingerprint density at radius 3 is 1.45 bits per heavy atom. The molecule has 0 heterocycles. The second kappa shape index (κ2) is 6.05. The highest BCUT2D eigenvalue weighted by molar-refractivity contribution is 5.75. The van der Waals surface area contributed by atoms with E-state index in [0.29, 0.717) is 47.3 Å². The van der Waals surface area contributed by atoms with Crippen LogP contribution in [-0.4, -0.2) is 18.7 Å². The van der Waals surface area contributed by atoms with Gasteiger partial charge in [0, 0.05) is 0 Å². The largest absolute Gasteiger partial charge is 0.428 e. The zero-order chi connectivity index (χ0) is 20.4. The third kappa shape index (κ3) is 2.23. The van der Waals surface area contributed by atoms with Crippen molar-refractivity contribution in [1.82, 2.24) is 0 Å². The maximum atomic E-state index is 12.9. The zero-order valence-corrected chi connectivity index (χ0v) is 18.0. The SMILES string of the molecule is O=C(OCOC(=O)C1CC2CC1C1C3C=CC(C3)C21)C1CC2CC1C1C3C=CC(C3)C21. The van der Waals surface area contributed by atoms with E-state index in [4.69, 9.17) is 9.47 Å². The molecular weight excluding hydrogens is 388 g/mol. The van der Waals surface area contributed by atoms with E-state index in [1.54, 1.807) is 0 Å². The minimum atomic E-state index is -0.181. The fourth-order valence-electron chi connectivity index (χ4n) is 10.9. The Hall–Kier alpha value is -1.58. The number of allylic oxidation sites excluding steroid dienone is 4. The first-order chi connectivity index (χ1) is 15.2. The number of esters is 2. The molecule has 4 nitrogen and oxygen atoms in total. The molecule has 6 saturated carbocycles. The van der Waals surface area contributed by atoms with Crippen LogP contribution in [0.25, 0.3) is 0 Å². The second-order valence-corrected chi connectivity index (χ2v) is 12.3. The van der Waals surface area contributed by atoms with Crippen LogP contribution in [0.4, 0.5) is 0 Å². The monoisotopic (exact) mass is 420 g/mol. The van der Waals surface area contributed by atoms with Gasteiger partial charge >= 0.3 is 11.9 Å². The van der Waals surface area contributed by atoms with E-state index < -0.39 is 0 Å². The molecule has 0 saturated heterocycles. The highest BCUT2D eigenvalue weighted by Gasteiger charge is 2.63. The first-order valence-corrected chi connectivity index (χ1v) is 12.9. The summed E-state index contributed by atoms with van der Waals surface area (Å²) in [5.41, 5.74) is 0. The van der Waals surface area contributed by atoms with Gasteiger partial charge in [0.2, 0.25) is 6.79 Å². The normalized spacial score (nSPS) is 57.7. The van der Waals surface area contributed by atoms with Crippen molar-refractivity contribution >= 4 is 11.9 Å². The predicted octanol–water partition coefficient (Wildman–Crippen LogP) is 4.22. The van der Waals surface area contributed by atoms with Crippen LogP contribution < -0.4 is 0 Å². The third-order valence-corrected chi connectivity index (χ3v) is 11.5. The summed E-state index contributed by atoms with van der Waals surface area (Å²) in [6, 6.07) is 0. The average Bonchev–Trinajstić information content (AvgIpc) is 3.63. The van der Waals surface area contributed by atoms with E-state index in [-0.39, 0.29) is 30.6 Å². The maximum absolute atomic E-state index is 12.9. The molecule has 8 bridgehead atoms. The van der Waals surface area contributed by atoms with Crippen LogP contribution in [0.2, 0.25) is 0 Å². The Bertz CT molecular complexity index is 833. The van der Waals surface area contributed by atoms with Crippen molar-refractivity contribution in [3.63, 3.8) is 0 Å². The summed E-state index contributed by atoms with van der Waals surface area (Å²) in [5.74, 6) is 8.20. The quantitative estimate of drug-likeness (QED) is 0.296. The van der Waals surface area contributed by atoms with Crippen LogP contribution in [0.15, 0.2) is 24.3 Å². The summed E-state index contributed by atoms with van der Waals surface area (Å²) >= 11 is 0. The van der Waals surface area contributed by atoms with Gasteiger partial charge in [0.15, 0.2) is 0 Å². The van der Waals surface area contributed by atoms with E-state index in [2.05, 4.69) is 24.3 Å². The Kier molecular flexibility index (Phi) is 3.50. The van der Waals surface area contributed by atoms with Crippen molar-refractivity contribution in [2.75, 3.05) is 6.79 Å². The molecule has 14 atom stereocenters. The lowest BCUT2D eigenvalue weighted by molar-refractivity contribution is -0.176. The number of hydrogen-bond acceptors (Lipinski definition) is 4. The fraction of sp³-hybridized carbons (Fsp3) is 0.778. The van der Waals surface area contributed by atoms with Gasteiger partial charge in [-0.2, -0.15) is 0 Å². The van der Waals surface area contributed by atoms with Crippen molar-refractivity contribution in [2.24, 2.45) is 82.9 Å². The van der Waals surface area contributed by atoms with E-state index in [1.165, 1.54) is 25.7 Å². The van der Waals surface area contributed by atoms with E-state index in [9.17, 15) is 9.59 Å². The van der Waals surface area contributed by atoms with Gasteiger partial charge in [0.1, 0.15) is 0 Å². The van der Waals surface area contributed by atoms with Crippen molar-refractivity contribution in [3.8, 4) is 0 Å². The van der Waals surface area contributed by atoms with Crippen molar-refractivity contribution in [1.29, 1.82) is 0 Å². The van der Waals surface area contributed by atoms with Gasteiger partial charge < -0.3 is 9.47 Å². The van der Waals surface area contributed by atoms with E-state index >= 15 is 0 Å². The first-order valence-electron chi connectivity index (χ1n) is 12.9. The molecule has 6 fully saturated rings. The molecule has 4 heteroatoms. The molecule has 31 heavy (non-hydrogen) atoms. The summed E-state index contributed by atoms with van der Waals surface area (Å²) < 4.78 is 11.1. The molecule has 0 N–H and O–H groups in total. The van der Waals surface area contributed by atoms with Crippen LogP contribution in [0.1, 0.15) is 38.5 Å². The second-order valence-electron chi connectivity index (χ2n) is 12.3. The highest BCUT2D eigenvalue weighted by Crippen LogP contribution is 2.68. The van der Waals surface area contributed by atoms with Crippen LogP contribution in [0.3, 0.4) is 0 Å². The summed E-state index contributed by atoms with van der Waals surface area (Å²) in [6.45, 7) is -0.181. The Morgan fingerprint density at radius 2 is 1.00 bits per heavy atom. The van der Waals surface area contributed by atoms with Crippen molar-refractivity contribution < 1.29 is 19.1 Å².